The van der Waals surface area contributed by atoms with Crippen LogP contribution in [0, 0.1) is 17.2 Å². The van der Waals surface area contributed by atoms with E-state index in [-0.39, 0.29) is 89.6 Å². The number of unbranched alkanes of at least 4 members (excludes halogenated alkanes) is 2. The Hall–Kier alpha value is -12.2. The number of para-hydroxylation sites is 1. The van der Waals surface area contributed by atoms with Crippen molar-refractivity contribution in [3.63, 3.8) is 0 Å². The van der Waals surface area contributed by atoms with Gasteiger partial charge in [0, 0.05) is 95.3 Å². The fourth-order valence-electron chi connectivity index (χ4n) is 14.7. The summed E-state index contributed by atoms with van der Waals surface area (Å²) in [6.45, 7) is 9.41. The summed E-state index contributed by atoms with van der Waals surface area (Å²) >= 11 is 0.798. The zero-order chi connectivity index (χ0) is 93.2. The summed E-state index contributed by atoms with van der Waals surface area (Å²) in [5.74, 6) is -17.5. The number of nitrogens with two attached hydrogens (primary N) is 3. The van der Waals surface area contributed by atoms with Gasteiger partial charge in [-0.05, 0) is 80.9 Å². The number of primary amides is 2. The van der Waals surface area contributed by atoms with Crippen LogP contribution in [-0.2, 0) is 101 Å². The number of hydrogen-bond acceptors (Lipinski definition) is 21. The van der Waals surface area contributed by atoms with Crippen LogP contribution in [0.25, 0.3) is 10.9 Å². The first-order valence-corrected chi connectivity index (χ1v) is 43.7. The topological polar surface area (TPSA) is 605 Å². The maximum Gasteiger partial charge on any atom is 0.246 e. The van der Waals surface area contributed by atoms with Gasteiger partial charge in [0.1, 0.15) is 78.5 Å². The van der Waals surface area contributed by atoms with E-state index in [4.69, 9.17) is 22.6 Å². The first kappa shape index (κ1) is 103. The van der Waals surface area contributed by atoms with Gasteiger partial charge in [-0.25, -0.2) is 4.98 Å². The van der Waals surface area contributed by atoms with Crippen molar-refractivity contribution in [2.75, 3.05) is 72.5 Å². The van der Waals surface area contributed by atoms with Gasteiger partial charge in [0.05, 0.1) is 38.2 Å². The number of rotatable bonds is 26. The monoisotopic (exact) mass is 1780 g/mol. The first-order chi connectivity index (χ1) is 59.8. The van der Waals surface area contributed by atoms with Gasteiger partial charge in [0.2, 0.25) is 100 Å². The number of fused-ring (bicyclic) bond motifs is 2. The molecule has 0 spiro atoms. The highest BCUT2D eigenvalue weighted by Gasteiger charge is 2.44. The van der Waals surface area contributed by atoms with Gasteiger partial charge < -0.3 is 115 Å². The average molecular weight is 1780 g/mol. The number of benzene rings is 2. The van der Waals surface area contributed by atoms with E-state index < -0.39 is 228 Å². The van der Waals surface area contributed by atoms with Crippen molar-refractivity contribution in [2.24, 2.45) is 29.0 Å². The molecular formula is C84H127N23O18S. The standard InChI is InChI=1S/C84H127N23O18S/c1-12-15-29-63-77(119)96-55(28-22-32-90-84(87)88)73(115)101-62(72(114)92-41-67(86)110)44-126-45-69(112)95-59(35-50-24-18-17-19-25-50)80(122)104(9)49(7)71(113)98-60(38-66(85)109)81(123)107-33-23-31-64(107)78(120)97-57(37-52-40-89-46-93-52)75(117)99-58(34-47(4)5)79(121)103(8)42-68(111)94-56(36-51-39-91-54-27-21-20-26-53(51)54)74(116)100-61(43-108)76(118)102-70(48(6)14-3)83(125)106(11)65(30-16-13-2)82(124)105(63)10/h17-21,24-27,39-40,46-49,55-65,70,91,108H,12-16,22-23,28-38,41-45H2,1-11H3,(H2,85,109)(H2,86,110)(H,89,93)(H,92,114)(H,94,111)(H,95,112)(H,96,119)(H,97,120)(H,98,113)(H,99,117)(H,100,116)(H,101,115)(H,102,118)(H4,87,88,90)/t48-,49-,55-,56-,57-,58-,59-,60-,61-,62-,63-,64-,65-,70-/m0/s1. The van der Waals surface area contributed by atoms with E-state index in [0.717, 1.165) is 36.3 Å². The highest BCUT2D eigenvalue weighted by Crippen LogP contribution is 2.25. The molecule has 0 bridgehead atoms. The Kier molecular flexibility index (Phi) is 41.2. The summed E-state index contributed by atoms with van der Waals surface area (Å²) in [7, 11) is 5.26. The Morgan fingerprint density at radius 2 is 1.19 bits per heavy atom. The summed E-state index contributed by atoms with van der Waals surface area (Å²) < 4.78 is 0. The van der Waals surface area contributed by atoms with E-state index in [1.165, 1.54) is 47.6 Å². The molecule has 2 aromatic carbocycles. The highest BCUT2D eigenvalue weighted by molar-refractivity contribution is 8.00. The summed E-state index contributed by atoms with van der Waals surface area (Å²) in [6, 6.07) is -3.80. The van der Waals surface area contributed by atoms with Crippen LogP contribution in [0.2, 0.25) is 0 Å². The second kappa shape index (κ2) is 50.6. The number of carbonyl (C=O) groups excluding carboxylic acids is 17. The van der Waals surface area contributed by atoms with E-state index in [9.17, 15) is 72.2 Å². The molecule has 6 rings (SSSR count). The predicted molar refractivity (Wildman–Crippen MR) is 467 cm³/mol. The van der Waals surface area contributed by atoms with Crippen molar-refractivity contribution in [1.82, 2.24) is 97.9 Å². The molecule has 2 fully saturated rings. The second-order valence-corrected chi connectivity index (χ2v) is 33.4. The number of likely N-dealkylation sites (N-methyl/N-ethyl adjacent to an activating group) is 4. The van der Waals surface area contributed by atoms with Gasteiger partial charge in [-0.1, -0.05) is 122 Å². The maximum absolute atomic E-state index is 15.3. The van der Waals surface area contributed by atoms with Crippen LogP contribution in [0.5, 0.6) is 0 Å². The van der Waals surface area contributed by atoms with Crippen LogP contribution in [0.15, 0.2) is 73.3 Å². The van der Waals surface area contributed by atoms with E-state index in [1.807, 2.05) is 13.8 Å². The third-order valence-corrected chi connectivity index (χ3v) is 23.2. The quantitative estimate of drug-likeness (QED) is 0.0171. The number of hydrogen-bond donors (Lipinski definition) is 18. The normalized spacial score (nSPS) is 24.3. The molecule has 0 saturated carbocycles. The van der Waals surface area contributed by atoms with Crippen molar-refractivity contribution in [2.45, 2.75) is 230 Å². The lowest BCUT2D eigenvalue weighted by Gasteiger charge is -2.37. The van der Waals surface area contributed by atoms with Gasteiger partial charge in [-0.15, -0.1) is 11.8 Å². The van der Waals surface area contributed by atoms with Gasteiger partial charge in [-0.3, -0.25) is 86.9 Å². The third kappa shape index (κ3) is 30.9. The SMILES string of the molecule is CCCC[C@H]1C(=O)N(C)[C@@H](CCCC)C(=O)N[C@@H](CCCNC(=N)N)C(=O)N[C@H](C(=O)NCC(N)=O)CSCC(=O)N[C@@H](Cc2ccccc2)C(=O)N(C)[C@@H](C)C(=O)N[C@@H](CC(N)=O)C(=O)N2CCC[C@H]2C(=O)N[C@@H](Cc2cnc[nH]2)C(=O)N[C@@H](CC(C)C)C(=O)N(C)CC(=O)N[C@@H](Cc2c[nH]c3ccccc23)C(=O)N[C@@H](CO)C(=O)N[C@@H]([C@@H](C)CC)C(=O)N1C. The number of nitrogens with zero attached hydrogens (tertiary/aromatic N) is 6. The van der Waals surface area contributed by atoms with Gasteiger partial charge >= 0.3 is 0 Å². The zero-order valence-electron chi connectivity index (χ0n) is 73.6. The summed E-state index contributed by atoms with van der Waals surface area (Å²) in [5, 5.41) is 48.4. The van der Waals surface area contributed by atoms with Crippen LogP contribution in [0.1, 0.15) is 149 Å². The number of carbonyl (C=O) groups is 17. The molecule has 17 amide bonds. The van der Waals surface area contributed by atoms with Crippen LogP contribution in [0.3, 0.4) is 0 Å². The van der Waals surface area contributed by atoms with Crippen molar-refractivity contribution in [3.8, 4) is 0 Å². The Morgan fingerprint density at radius 1 is 0.587 bits per heavy atom. The predicted octanol–water partition coefficient (Wildman–Crippen LogP) is -2.82. The molecule has 21 N–H and O–H groups in total. The van der Waals surface area contributed by atoms with E-state index >= 15 is 14.4 Å². The molecule has 42 heteroatoms. The Labute approximate surface area is 737 Å². The molecule has 126 heavy (non-hydrogen) atoms. The minimum atomic E-state index is -1.79. The zero-order valence-corrected chi connectivity index (χ0v) is 74.4. The third-order valence-electron chi connectivity index (χ3n) is 22.2. The second-order valence-electron chi connectivity index (χ2n) is 32.4. The number of thioether (sulfide) groups is 1. The van der Waals surface area contributed by atoms with Gasteiger partial charge in [-0.2, -0.15) is 0 Å². The van der Waals surface area contributed by atoms with E-state index in [0.29, 0.717) is 53.4 Å². The molecule has 14 atom stereocenters. The Bertz CT molecular complexity index is 4440. The molecule has 2 aromatic heterocycles. The first-order valence-electron chi connectivity index (χ1n) is 42.6. The molecule has 4 aromatic rings. The minimum Gasteiger partial charge on any atom is -0.394 e. The molecule has 4 heterocycles. The lowest BCUT2D eigenvalue weighted by Crippen LogP contribution is -2.62. The van der Waals surface area contributed by atoms with Crippen LogP contribution in [0.4, 0.5) is 0 Å². The summed E-state index contributed by atoms with van der Waals surface area (Å²) in [4.78, 5) is 262. The summed E-state index contributed by atoms with van der Waals surface area (Å²) in [5.41, 5.74) is 18.8. The number of nitrogens with one attached hydrogen (secondary N) is 14. The molecule has 692 valence electrons. The van der Waals surface area contributed by atoms with Crippen molar-refractivity contribution >= 4 is 129 Å². The van der Waals surface area contributed by atoms with Crippen LogP contribution < -0.4 is 75.7 Å². The molecule has 0 radical (unpaired) electrons. The lowest BCUT2D eigenvalue weighted by atomic mass is 9.95. The van der Waals surface area contributed by atoms with Crippen LogP contribution in [-0.4, -0.2) is 302 Å². The molecule has 2 saturated heterocycles. The number of aliphatic hydroxyl groups is 1. The minimum absolute atomic E-state index is 0.0117. The number of aromatic amines is 2. The lowest BCUT2D eigenvalue weighted by molar-refractivity contribution is -0.150. The average Bonchev–Trinajstić information content (AvgIpc) is 1.36. The van der Waals surface area contributed by atoms with Crippen molar-refractivity contribution < 1.29 is 86.6 Å². The maximum atomic E-state index is 15.3. The fraction of sp³-hybridized carbons (Fsp3) is 0.583. The van der Waals surface area contributed by atoms with Crippen molar-refractivity contribution in [3.05, 3.63) is 90.1 Å². The number of aromatic nitrogens is 3. The number of aliphatic hydroxyl groups excluding tert-OH is 1. The van der Waals surface area contributed by atoms with Crippen molar-refractivity contribution in [1.29, 1.82) is 5.41 Å². The number of amides is 17. The van der Waals surface area contributed by atoms with E-state index in [2.05, 4.69) is 73.4 Å². The smallest absolute Gasteiger partial charge is 0.246 e. The Morgan fingerprint density at radius 3 is 1.82 bits per heavy atom. The number of H-pyrrole nitrogens is 2. The molecule has 0 unspecified atom stereocenters. The molecule has 2 aliphatic rings. The fourth-order valence-corrected chi connectivity index (χ4v) is 15.6. The molecule has 2 aliphatic heterocycles. The summed E-state index contributed by atoms with van der Waals surface area (Å²) in [6.07, 6.45) is 5.11. The van der Waals surface area contributed by atoms with Gasteiger partial charge in [0.15, 0.2) is 5.96 Å². The van der Waals surface area contributed by atoms with E-state index in [1.54, 1.807) is 88.5 Å². The molecule has 41 nitrogen and oxygen atoms in total. The van der Waals surface area contributed by atoms with Crippen LogP contribution >= 0.6 is 11.8 Å². The molecular weight excluding hydrogens is 1650 g/mol. The van der Waals surface area contributed by atoms with Gasteiger partial charge in [0.25, 0.3) is 0 Å². The molecule has 0 aliphatic carbocycles. The number of guanidine groups is 1. The Balaban J connectivity index is 1.43. The largest absolute Gasteiger partial charge is 0.394 e. The highest BCUT2D eigenvalue weighted by atomic mass is 32.2. The number of imidazole rings is 1.